The molecular weight excluding hydrogens is 468 g/mol. The number of hydrogen-bond donors (Lipinski definition) is 2. The topological polar surface area (TPSA) is 80.9 Å². The number of fused-ring (bicyclic) bond motifs is 1. The molecule has 0 atom stereocenters. The predicted octanol–water partition coefficient (Wildman–Crippen LogP) is 5.70. The maximum Gasteiger partial charge on any atom is 0.224 e. The SMILES string of the molecule is Cl.NCc1ccc(-c2nc3ccnc(CNC(=O)Cc4ccccc4)c3cc2-c2ccccc2)cc1. The number of carbonyl (C=O) groups excluding carboxylic acids is 1. The molecule has 0 bridgehead atoms. The van der Waals surface area contributed by atoms with Gasteiger partial charge < -0.3 is 11.1 Å². The first-order chi connectivity index (χ1) is 17.2. The van der Waals surface area contributed by atoms with Gasteiger partial charge >= 0.3 is 0 Å². The zero-order valence-corrected chi connectivity index (χ0v) is 20.5. The molecule has 0 aliphatic rings. The Labute approximate surface area is 216 Å². The average Bonchev–Trinajstić information content (AvgIpc) is 2.92. The molecule has 5 aromatic rings. The van der Waals surface area contributed by atoms with Crippen molar-refractivity contribution in [1.82, 2.24) is 15.3 Å². The number of nitrogens with zero attached hydrogens (tertiary/aromatic N) is 2. The largest absolute Gasteiger partial charge is 0.350 e. The Morgan fingerprint density at radius 2 is 1.50 bits per heavy atom. The molecule has 3 aromatic carbocycles. The van der Waals surface area contributed by atoms with Gasteiger partial charge in [-0.05, 0) is 28.8 Å². The summed E-state index contributed by atoms with van der Waals surface area (Å²) in [6.07, 6.45) is 2.08. The molecule has 2 aromatic heterocycles. The van der Waals surface area contributed by atoms with Gasteiger partial charge in [-0.25, -0.2) is 4.98 Å². The molecule has 5 nitrogen and oxygen atoms in total. The monoisotopic (exact) mass is 494 g/mol. The lowest BCUT2D eigenvalue weighted by molar-refractivity contribution is -0.120. The molecule has 0 saturated carbocycles. The van der Waals surface area contributed by atoms with E-state index in [1.54, 1.807) is 6.20 Å². The van der Waals surface area contributed by atoms with Crippen LogP contribution < -0.4 is 11.1 Å². The van der Waals surface area contributed by atoms with Gasteiger partial charge in [-0.3, -0.25) is 9.78 Å². The molecule has 2 heterocycles. The third kappa shape index (κ3) is 5.60. The normalized spacial score (nSPS) is 10.6. The average molecular weight is 495 g/mol. The van der Waals surface area contributed by atoms with Gasteiger partial charge in [0.15, 0.2) is 0 Å². The Balaban J connectivity index is 0.00000304. The Morgan fingerprint density at radius 1 is 0.806 bits per heavy atom. The lowest BCUT2D eigenvalue weighted by Crippen LogP contribution is -2.25. The molecule has 0 aliphatic carbocycles. The van der Waals surface area contributed by atoms with Crippen LogP contribution in [0.5, 0.6) is 0 Å². The first-order valence-electron chi connectivity index (χ1n) is 11.7. The van der Waals surface area contributed by atoms with Crippen LogP contribution in [0.3, 0.4) is 0 Å². The molecule has 180 valence electrons. The van der Waals surface area contributed by atoms with E-state index >= 15 is 0 Å². The van der Waals surface area contributed by atoms with Gasteiger partial charge in [0, 0.05) is 29.3 Å². The fourth-order valence-electron chi connectivity index (χ4n) is 4.18. The lowest BCUT2D eigenvalue weighted by Gasteiger charge is -2.14. The third-order valence-electron chi connectivity index (χ3n) is 6.03. The molecule has 0 fully saturated rings. The summed E-state index contributed by atoms with van der Waals surface area (Å²) in [6.45, 7) is 0.839. The second kappa shape index (κ2) is 11.6. The van der Waals surface area contributed by atoms with Gasteiger partial charge in [-0.15, -0.1) is 12.4 Å². The van der Waals surface area contributed by atoms with Gasteiger partial charge in [0.2, 0.25) is 5.91 Å². The van der Waals surface area contributed by atoms with Crippen molar-refractivity contribution in [3.63, 3.8) is 0 Å². The van der Waals surface area contributed by atoms with Gasteiger partial charge in [0.1, 0.15) is 0 Å². The van der Waals surface area contributed by atoms with Crippen molar-refractivity contribution >= 4 is 29.2 Å². The fourth-order valence-corrected chi connectivity index (χ4v) is 4.18. The molecule has 3 N–H and O–H groups in total. The number of hydrogen-bond acceptors (Lipinski definition) is 4. The van der Waals surface area contributed by atoms with E-state index in [9.17, 15) is 4.79 Å². The van der Waals surface area contributed by atoms with Crippen LogP contribution in [0.25, 0.3) is 33.3 Å². The van der Waals surface area contributed by atoms with E-state index in [1.165, 1.54) is 0 Å². The number of nitrogens with one attached hydrogen (secondary N) is 1. The maximum atomic E-state index is 12.5. The van der Waals surface area contributed by atoms with Crippen molar-refractivity contribution in [2.45, 2.75) is 19.5 Å². The Morgan fingerprint density at radius 3 is 2.19 bits per heavy atom. The maximum absolute atomic E-state index is 12.5. The molecule has 0 radical (unpaired) electrons. The van der Waals surface area contributed by atoms with Crippen LogP contribution in [0.2, 0.25) is 0 Å². The highest BCUT2D eigenvalue weighted by atomic mass is 35.5. The quantitative estimate of drug-likeness (QED) is 0.304. The van der Waals surface area contributed by atoms with E-state index in [4.69, 9.17) is 10.7 Å². The van der Waals surface area contributed by atoms with Crippen molar-refractivity contribution in [3.05, 3.63) is 120 Å². The van der Waals surface area contributed by atoms with E-state index in [1.807, 2.05) is 66.7 Å². The molecule has 36 heavy (non-hydrogen) atoms. The summed E-state index contributed by atoms with van der Waals surface area (Å²) in [5.41, 5.74) is 13.5. The highest BCUT2D eigenvalue weighted by molar-refractivity contribution is 5.93. The molecule has 0 aliphatic heterocycles. The van der Waals surface area contributed by atoms with Crippen molar-refractivity contribution < 1.29 is 4.79 Å². The number of pyridine rings is 2. The van der Waals surface area contributed by atoms with Crippen LogP contribution in [-0.4, -0.2) is 15.9 Å². The molecular formula is C30H27ClN4O. The van der Waals surface area contributed by atoms with E-state index in [2.05, 4.69) is 40.6 Å². The van der Waals surface area contributed by atoms with Crippen LogP contribution in [-0.2, 0) is 24.3 Å². The first-order valence-corrected chi connectivity index (χ1v) is 11.7. The van der Waals surface area contributed by atoms with Crippen molar-refractivity contribution in [2.75, 3.05) is 0 Å². The summed E-state index contributed by atoms with van der Waals surface area (Å²) >= 11 is 0. The Hall–Kier alpha value is -4.06. The predicted molar refractivity (Wildman–Crippen MR) is 148 cm³/mol. The number of rotatable bonds is 7. The van der Waals surface area contributed by atoms with E-state index < -0.39 is 0 Å². The smallest absolute Gasteiger partial charge is 0.224 e. The minimum absolute atomic E-state index is 0. The van der Waals surface area contributed by atoms with Crippen LogP contribution in [0.15, 0.2) is 103 Å². The summed E-state index contributed by atoms with van der Waals surface area (Å²) in [7, 11) is 0. The number of benzene rings is 3. The Kier molecular flexibility index (Phi) is 8.06. The van der Waals surface area contributed by atoms with Gasteiger partial charge in [-0.2, -0.15) is 0 Å². The molecule has 5 rings (SSSR count). The van der Waals surface area contributed by atoms with Crippen LogP contribution >= 0.6 is 12.4 Å². The molecule has 0 unspecified atom stereocenters. The first kappa shape index (κ1) is 25.0. The summed E-state index contributed by atoms with van der Waals surface area (Å²) in [4.78, 5) is 22.2. The highest BCUT2D eigenvalue weighted by Crippen LogP contribution is 2.34. The third-order valence-corrected chi connectivity index (χ3v) is 6.03. The van der Waals surface area contributed by atoms with Gasteiger partial charge in [0.25, 0.3) is 0 Å². The van der Waals surface area contributed by atoms with Gasteiger partial charge in [0.05, 0.1) is 29.9 Å². The summed E-state index contributed by atoms with van der Waals surface area (Å²) in [5, 5.41) is 3.94. The van der Waals surface area contributed by atoms with Crippen molar-refractivity contribution in [3.8, 4) is 22.4 Å². The number of amides is 1. The van der Waals surface area contributed by atoms with Crippen molar-refractivity contribution in [1.29, 1.82) is 0 Å². The molecule has 6 heteroatoms. The number of aromatic nitrogens is 2. The summed E-state index contributed by atoms with van der Waals surface area (Å²) in [5.74, 6) is -0.0390. The minimum atomic E-state index is -0.0390. The zero-order valence-electron chi connectivity index (χ0n) is 19.7. The van der Waals surface area contributed by atoms with E-state index in [0.29, 0.717) is 19.5 Å². The number of halogens is 1. The molecule has 0 spiro atoms. The fraction of sp³-hybridized carbons (Fsp3) is 0.100. The van der Waals surface area contributed by atoms with E-state index in [-0.39, 0.29) is 18.3 Å². The summed E-state index contributed by atoms with van der Waals surface area (Å²) < 4.78 is 0. The van der Waals surface area contributed by atoms with Crippen LogP contribution in [0.4, 0.5) is 0 Å². The molecule has 0 saturated heterocycles. The van der Waals surface area contributed by atoms with Crippen molar-refractivity contribution in [2.24, 2.45) is 5.73 Å². The second-order valence-corrected chi connectivity index (χ2v) is 8.42. The van der Waals surface area contributed by atoms with Crippen LogP contribution in [0.1, 0.15) is 16.8 Å². The van der Waals surface area contributed by atoms with Crippen LogP contribution in [0, 0.1) is 0 Å². The zero-order chi connectivity index (χ0) is 24.0. The highest BCUT2D eigenvalue weighted by Gasteiger charge is 2.14. The number of carbonyl (C=O) groups is 1. The summed E-state index contributed by atoms with van der Waals surface area (Å²) in [6, 6.07) is 32.2. The lowest BCUT2D eigenvalue weighted by atomic mass is 9.96. The Bertz CT molecular complexity index is 1460. The molecule has 1 amide bonds. The number of nitrogens with two attached hydrogens (primary N) is 1. The van der Waals surface area contributed by atoms with Gasteiger partial charge in [-0.1, -0.05) is 84.9 Å². The minimum Gasteiger partial charge on any atom is -0.350 e. The van der Waals surface area contributed by atoms with E-state index in [0.717, 1.165) is 50.1 Å². The second-order valence-electron chi connectivity index (χ2n) is 8.42. The standard InChI is InChI=1S/C30H26N4O.ClH/c31-19-22-11-13-24(14-12-22)30-25(23-9-5-2-6-10-23)18-26-27(34-30)15-16-32-28(26)20-33-29(35)17-21-7-3-1-4-8-21;/h1-16,18H,17,19-20,31H2,(H,33,35);1H.